The molecule has 0 fully saturated rings. The van der Waals surface area contributed by atoms with Crippen LogP contribution in [-0.2, 0) is 14.3 Å². The number of benzene rings is 1. The van der Waals surface area contributed by atoms with Gasteiger partial charge in [-0.3, -0.25) is 4.79 Å². The highest BCUT2D eigenvalue weighted by atomic mass is 35.5. The van der Waals surface area contributed by atoms with E-state index < -0.39 is 0 Å². The van der Waals surface area contributed by atoms with Gasteiger partial charge >= 0.3 is 0 Å². The number of carbonyl (C=O) groups is 1. The molecule has 0 saturated heterocycles. The van der Waals surface area contributed by atoms with Gasteiger partial charge in [0.2, 0.25) is 5.91 Å². The second-order valence-electron chi connectivity index (χ2n) is 3.44. The molecular formula is C12H16ClNO4. The van der Waals surface area contributed by atoms with Crippen LogP contribution < -0.4 is 10.1 Å². The van der Waals surface area contributed by atoms with Gasteiger partial charge in [-0.25, -0.2) is 0 Å². The highest BCUT2D eigenvalue weighted by Gasteiger charge is 2.05. The van der Waals surface area contributed by atoms with Gasteiger partial charge in [0.1, 0.15) is 12.4 Å². The zero-order chi connectivity index (χ0) is 13.4. The van der Waals surface area contributed by atoms with Gasteiger partial charge in [-0.15, -0.1) is 0 Å². The molecule has 1 amide bonds. The smallest absolute Gasteiger partial charge is 0.250 e. The summed E-state index contributed by atoms with van der Waals surface area (Å²) < 4.78 is 14.9. The van der Waals surface area contributed by atoms with Crippen molar-refractivity contribution in [1.29, 1.82) is 0 Å². The molecule has 0 unspecified atom stereocenters. The Morgan fingerprint density at radius 1 is 1.33 bits per heavy atom. The van der Waals surface area contributed by atoms with E-state index in [0.717, 1.165) is 0 Å². The van der Waals surface area contributed by atoms with Crippen molar-refractivity contribution < 1.29 is 19.0 Å². The van der Waals surface area contributed by atoms with Crippen LogP contribution in [0.25, 0.3) is 0 Å². The Bertz CT molecular complexity index is 398. The number of rotatable bonds is 7. The molecule has 0 aliphatic carbocycles. The maximum absolute atomic E-state index is 11.5. The van der Waals surface area contributed by atoms with Gasteiger partial charge in [0, 0.05) is 18.9 Å². The molecule has 0 spiro atoms. The molecule has 1 N–H and O–H groups in total. The summed E-state index contributed by atoms with van der Waals surface area (Å²) in [6, 6.07) is 5.00. The summed E-state index contributed by atoms with van der Waals surface area (Å²) in [5, 5.41) is 3.17. The number of hydrogen-bond acceptors (Lipinski definition) is 4. The van der Waals surface area contributed by atoms with Gasteiger partial charge < -0.3 is 19.5 Å². The highest BCUT2D eigenvalue weighted by molar-refractivity contribution is 6.32. The average Bonchev–Trinajstić information content (AvgIpc) is 2.37. The summed E-state index contributed by atoms with van der Waals surface area (Å²) >= 11 is 5.87. The first-order valence-electron chi connectivity index (χ1n) is 5.37. The van der Waals surface area contributed by atoms with Crippen LogP contribution >= 0.6 is 11.6 Å². The first-order chi connectivity index (χ1) is 8.67. The van der Waals surface area contributed by atoms with Gasteiger partial charge in [0.05, 0.1) is 25.3 Å². The van der Waals surface area contributed by atoms with E-state index in [4.69, 9.17) is 25.8 Å². The number of methoxy groups -OCH3 is 2. The van der Waals surface area contributed by atoms with E-state index in [1.165, 1.54) is 7.11 Å². The molecule has 1 aromatic carbocycles. The molecule has 0 aliphatic rings. The summed E-state index contributed by atoms with van der Waals surface area (Å²) in [6.45, 7) is 0.824. The molecule has 100 valence electrons. The minimum atomic E-state index is -0.240. The van der Waals surface area contributed by atoms with Crippen molar-refractivity contribution in [2.45, 2.75) is 0 Å². The first kappa shape index (κ1) is 14.8. The number of nitrogens with one attached hydrogen (secondary N) is 1. The Balaban J connectivity index is 2.44. The number of anilines is 1. The molecule has 18 heavy (non-hydrogen) atoms. The van der Waals surface area contributed by atoms with Crippen molar-refractivity contribution in [2.24, 2.45) is 0 Å². The predicted octanol–water partition coefficient (Wildman–Crippen LogP) is 1.95. The third-order valence-corrected chi connectivity index (χ3v) is 2.41. The molecule has 1 aromatic rings. The zero-order valence-electron chi connectivity index (χ0n) is 10.4. The molecule has 6 heteroatoms. The van der Waals surface area contributed by atoms with Gasteiger partial charge in [0.15, 0.2) is 0 Å². The van der Waals surface area contributed by atoms with E-state index in [1.54, 1.807) is 25.3 Å². The van der Waals surface area contributed by atoms with Gasteiger partial charge in [-0.2, -0.15) is 0 Å². The summed E-state index contributed by atoms with van der Waals surface area (Å²) in [7, 11) is 3.09. The van der Waals surface area contributed by atoms with Gasteiger partial charge in [0.25, 0.3) is 0 Å². The topological polar surface area (TPSA) is 56.8 Å². The number of amides is 1. The van der Waals surface area contributed by atoms with E-state index >= 15 is 0 Å². The Morgan fingerprint density at radius 3 is 2.78 bits per heavy atom. The lowest BCUT2D eigenvalue weighted by atomic mass is 10.3. The number of ether oxygens (including phenoxy) is 3. The SMILES string of the molecule is COCCOCC(=O)Nc1ccc(Cl)c(OC)c1. The van der Waals surface area contributed by atoms with Crippen LogP contribution in [0.3, 0.4) is 0 Å². The number of halogens is 1. The average molecular weight is 274 g/mol. The van der Waals surface area contributed by atoms with Crippen molar-refractivity contribution in [2.75, 3.05) is 39.4 Å². The monoisotopic (exact) mass is 273 g/mol. The Labute approximate surface area is 111 Å². The summed E-state index contributed by atoms with van der Waals surface area (Å²) in [6.07, 6.45) is 0. The molecular weight excluding hydrogens is 258 g/mol. The normalized spacial score (nSPS) is 10.2. The van der Waals surface area contributed by atoms with Crippen LogP contribution in [0, 0.1) is 0 Å². The second kappa shape index (κ2) is 7.92. The fraction of sp³-hybridized carbons (Fsp3) is 0.417. The molecule has 0 heterocycles. The Hall–Kier alpha value is -1.30. The summed E-state index contributed by atoms with van der Waals surface area (Å²) in [5.41, 5.74) is 0.608. The highest BCUT2D eigenvalue weighted by Crippen LogP contribution is 2.27. The standard InChI is InChI=1S/C12H16ClNO4/c1-16-5-6-18-8-12(15)14-9-3-4-10(13)11(7-9)17-2/h3-4,7H,5-6,8H2,1-2H3,(H,14,15). The molecule has 5 nitrogen and oxygen atoms in total. The van der Waals surface area contributed by atoms with Gasteiger partial charge in [-0.05, 0) is 12.1 Å². The molecule has 1 rings (SSSR count). The lowest BCUT2D eigenvalue weighted by molar-refractivity contribution is -0.121. The van der Waals surface area contributed by atoms with Crippen LogP contribution in [-0.4, -0.2) is 39.9 Å². The van der Waals surface area contributed by atoms with Crippen molar-refractivity contribution in [3.8, 4) is 5.75 Å². The van der Waals surface area contributed by atoms with E-state index in [-0.39, 0.29) is 12.5 Å². The number of carbonyl (C=O) groups excluding carboxylic acids is 1. The number of hydrogen-bond donors (Lipinski definition) is 1. The fourth-order valence-corrected chi connectivity index (χ4v) is 1.44. The van der Waals surface area contributed by atoms with Crippen LogP contribution in [0.4, 0.5) is 5.69 Å². The predicted molar refractivity (Wildman–Crippen MR) is 69.3 cm³/mol. The van der Waals surface area contributed by atoms with Gasteiger partial charge in [-0.1, -0.05) is 11.6 Å². The minimum Gasteiger partial charge on any atom is -0.495 e. The lowest BCUT2D eigenvalue weighted by Crippen LogP contribution is -2.19. The van der Waals surface area contributed by atoms with Crippen molar-refractivity contribution in [3.05, 3.63) is 23.2 Å². The first-order valence-corrected chi connectivity index (χ1v) is 5.75. The minimum absolute atomic E-state index is 0.0195. The quantitative estimate of drug-likeness (QED) is 0.772. The molecule has 0 aromatic heterocycles. The molecule has 0 radical (unpaired) electrons. The second-order valence-corrected chi connectivity index (χ2v) is 3.85. The Kier molecular flexibility index (Phi) is 6.49. The van der Waals surface area contributed by atoms with Crippen LogP contribution in [0.1, 0.15) is 0 Å². The van der Waals surface area contributed by atoms with Crippen LogP contribution in [0.15, 0.2) is 18.2 Å². The molecule has 0 saturated carbocycles. The summed E-state index contributed by atoms with van der Waals surface area (Å²) in [5.74, 6) is 0.269. The van der Waals surface area contributed by atoms with Crippen molar-refractivity contribution in [3.63, 3.8) is 0 Å². The lowest BCUT2D eigenvalue weighted by Gasteiger charge is -2.08. The largest absolute Gasteiger partial charge is 0.495 e. The van der Waals surface area contributed by atoms with E-state index in [1.807, 2.05) is 0 Å². The van der Waals surface area contributed by atoms with E-state index in [2.05, 4.69) is 5.32 Å². The van der Waals surface area contributed by atoms with E-state index in [9.17, 15) is 4.79 Å². The molecule has 0 bridgehead atoms. The van der Waals surface area contributed by atoms with Crippen molar-refractivity contribution in [1.82, 2.24) is 0 Å². The maximum atomic E-state index is 11.5. The van der Waals surface area contributed by atoms with Crippen LogP contribution in [0.5, 0.6) is 5.75 Å². The third-order valence-electron chi connectivity index (χ3n) is 2.10. The van der Waals surface area contributed by atoms with E-state index in [0.29, 0.717) is 29.7 Å². The third kappa shape index (κ3) is 4.91. The summed E-state index contributed by atoms with van der Waals surface area (Å²) in [4.78, 5) is 11.5. The Morgan fingerprint density at radius 2 is 2.11 bits per heavy atom. The maximum Gasteiger partial charge on any atom is 0.250 e. The molecule has 0 atom stereocenters. The van der Waals surface area contributed by atoms with Crippen molar-refractivity contribution >= 4 is 23.2 Å². The van der Waals surface area contributed by atoms with Crippen LogP contribution in [0.2, 0.25) is 5.02 Å². The molecule has 0 aliphatic heterocycles. The zero-order valence-corrected chi connectivity index (χ0v) is 11.1. The fourth-order valence-electron chi connectivity index (χ4n) is 1.24.